The van der Waals surface area contributed by atoms with Crippen LogP contribution in [0.4, 0.5) is 17.1 Å². The summed E-state index contributed by atoms with van der Waals surface area (Å²) in [5, 5.41) is 36.3. The van der Waals surface area contributed by atoms with Gasteiger partial charge < -0.3 is 29.2 Å². The van der Waals surface area contributed by atoms with E-state index >= 15 is 0 Å². The fourth-order valence-corrected chi connectivity index (χ4v) is 8.39. The van der Waals surface area contributed by atoms with Gasteiger partial charge in [0.2, 0.25) is 5.75 Å². The van der Waals surface area contributed by atoms with Crippen LogP contribution in [-0.2, 0) is 31.9 Å². The highest BCUT2D eigenvalue weighted by Gasteiger charge is 2.50. The monoisotopic (exact) mass is 863 g/mol. The molecule has 0 aliphatic carbocycles. The average Bonchev–Trinajstić information content (AvgIpc) is 3.20. The Morgan fingerprint density at radius 1 is 0.714 bits per heavy atom. The van der Waals surface area contributed by atoms with Crippen LogP contribution >= 0.6 is 0 Å². The lowest BCUT2D eigenvalue weighted by Gasteiger charge is -2.43. The molecule has 2 aliphatic heterocycles. The molecule has 330 valence electrons. The number of benzene rings is 4. The summed E-state index contributed by atoms with van der Waals surface area (Å²) < 4.78 is 25.5. The summed E-state index contributed by atoms with van der Waals surface area (Å²) in [5.74, 6) is -0.341. The Morgan fingerprint density at radius 3 is 1.86 bits per heavy atom. The topological polar surface area (TPSA) is 206 Å². The zero-order valence-electron chi connectivity index (χ0n) is 37.1. The second-order valence-corrected chi connectivity index (χ2v) is 17.6. The van der Waals surface area contributed by atoms with Crippen LogP contribution < -0.4 is 14.7 Å². The van der Waals surface area contributed by atoms with Gasteiger partial charge in [-0.25, -0.2) is 0 Å². The molecule has 0 saturated heterocycles. The van der Waals surface area contributed by atoms with Gasteiger partial charge >= 0.3 is 5.69 Å². The summed E-state index contributed by atoms with van der Waals surface area (Å²) in [7, 11) is 1.41. The molecule has 15 heteroatoms. The zero-order valence-corrected chi connectivity index (χ0v) is 37.1. The van der Waals surface area contributed by atoms with Gasteiger partial charge in [0.1, 0.15) is 51.2 Å². The predicted molar refractivity (Wildman–Crippen MR) is 235 cm³/mol. The van der Waals surface area contributed by atoms with Crippen LogP contribution in [0.15, 0.2) is 84.3 Å². The molecule has 4 aromatic carbocycles. The smallest absolute Gasteiger partial charge is 0.302 e. The summed E-state index contributed by atoms with van der Waals surface area (Å²) in [5.41, 5.74) is -2.17. The van der Waals surface area contributed by atoms with Crippen molar-refractivity contribution in [1.82, 2.24) is 0 Å². The van der Waals surface area contributed by atoms with E-state index in [0.717, 1.165) is 16.4 Å². The normalized spacial score (nSPS) is 19.2. The van der Waals surface area contributed by atoms with Crippen LogP contribution in [0.5, 0.6) is 23.0 Å². The molecule has 63 heavy (non-hydrogen) atoms. The van der Waals surface area contributed by atoms with Crippen molar-refractivity contribution in [3.05, 3.63) is 132 Å². The van der Waals surface area contributed by atoms with Crippen molar-refractivity contribution in [2.75, 3.05) is 7.05 Å². The number of Topliss-reactive ketones (excluding diaryl/α,β-unsaturated/α-hetero) is 2. The van der Waals surface area contributed by atoms with E-state index in [2.05, 4.69) is 0 Å². The van der Waals surface area contributed by atoms with E-state index < -0.39 is 38.9 Å². The van der Waals surface area contributed by atoms with E-state index in [1.165, 1.54) is 19.2 Å². The first-order valence-electron chi connectivity index (χ1n) is 20.6. The first-order valence-corrected chi connectivity index (χ1v) is 20.6. The number of non-ortho nitro benzene ring substituents is 1. The van der Waals surface area contributed by atoms with Crippen molar-refractivity contribution in [2.24, 2.45) is 0 Å². The average molecular weight is 864 g/mol. The molecular weight excluding hydrogens is 811 g/mol. The third kappa shape index (κ3) is 9.02. The van der Waals surface area contributed by atoms with E-state index in [9.17, 15) is 39.7 Å². The largest absolute Gasteiger partial charge is 0.508 e. The van der Waals surface area contributed by atoms with E-state index in [1.54, 1.807) is 109 Å². The number of hydrogen-bond donors (Lipinski definition) is 3. The van der Waals surface area contributed by atoms with Crippen LogP contribution in [0.1, 0.15) is 96.0 Å². The highest BCUT2D eigenvalue weighted by molar-refractivity contribution is 6.27. The van der Waals surface area contributed by atoms with Gasteiger partial charge in [-0.3, -0.25) is 19.7 Å². The minimum absolute atomic E-state index is 0.0164. The number of hydrogen-bond acceptors (Lipinski definition) is 12. The number of aliphatic hydroxyl groups is 2. The van der Waals surface area contributed by atoms with Crippen LogP contribution in [0.25, 0.3) is 11.1 Å². The number of aryl methyl sites for hydroxylation is 3. The van der Waals surface area contributed by atoms with Gasteiger partial charge in [0.05, 0.1) is 22.1 Å². The molecule has 0 spiro atoms. The van der Waals surface area contributed by atoms with Gasteiger partial charge in [0, 0.05) is 37.4 Å². The Balaban J connectivity index is 1.34. The number of nitro benzene ring substituents is 1. The number of carbonyl (C=O) groups is 2. The third-order valence-electron chi connectivity index (χ3n) is 11.5. The van der Waals surface area contributed by atoms with E-state index in [1.807, 2.05) is 13.0 Å². The molecule has 0 fully saturated rings. The fourth-order valence-electron chi connectivity index (χ4n) is 8.39. The van der Waals surface area contributed by atoms with Gasteiger partial charge in [-0.05, 0) is 146 Å². The lowest BCUT2D eigenvalue weighted by molar-refractivity contribution is -0.428. The third-order valence-corrected chi connectivity index (χ3v) is 11.5. The molecule has 0 amide bonds. The highest BCUT2D eigenvalue weighted by Crippen LogP contribution is 2.46. The lowest BCUT2D eigenvalue weighted by atomic mass is 9.78. The van der Waals surface area contributed by atoms with Gasteiger partial charge in [0.15, 0.2) is 18.6 Å². The number of nitro groups is 1. The van der Waals surface area contributed by atoms with Crippen molar-refractivity contribution in [1.29, 1.82) is 0 Å². The number of ether oxygens (including phenoxy) is 4. The molecule has 0 aromatic heterocycles. The molecule has 2 aliphatic rings. The molecule has 3 N–H and O–H groups in total. The number of carbonyl (C=O) groups excluding carboxylic acids is 2. The number of nitroso groups, excluding NO2 is 2. The minimum Gasteiger partial charge on any atom is -0.508 e. The summed E-state index contributed by atoms with van der Waals surface area (Å²) in [6.45, 7) is 15.4. The lowest BCUT2D eigenvalue weighted by Crippen LogP contribution is -2.55. The first-order chi connectivity index (χ1) is 29.4. The van der Waals surface area contributed by atoms with E-state index in [4.69, 9.17) is 18.9 Å². The molecular formula is C48H53N3O12+2. The maximum atomic E-state index is 14.7. The molecule has 0 radical (unpaired) electrons. The second-order valence-electron chi connectivity index (χ2n) is 17.6. The Labute approximate surface area is 365 Å². The van der Waals surface area contributed by atoms with Gasteiger partial charge in [-0.1, -0.05) is 19.1 Å². The molecule has 4 aromatic rings. The predicted octanol–water partition coefficient (Wildman–Crippen LogP) is 9.42. The minimum atomic E-state index is -1.45. The standard InChI is InChI=1S/C48H51N3O12/c1-11-28-14-17-33(61-38-21-16-30(51(58)59)24-36(38)49-56)26-34(28)40-43(54)47(7,8)63-48(9,44(40)55)22-12-13-29-15-18-32(60-31-19-20-37(50(10)57)27(2)23-31)25-35(29)39-41(52)45(3,4)62-46(5,6)42(39)53/h14-21,23-26H,11-13,22H2,1-10H3,(H-,52,53,54,55)/p+2. The second kappa shape index (κ2) is 16.9. The Kier molecular flexibility index (Phi) is 12.4. The SMILES string of the molecule is CCc1ccc(Oc2ccc([N+](=O)[O-])cc2[NH+]=O)cc1C1=C(O)C(C)(C)OC(C)(CCCc2ccc(Oc3ccc([N+](C)=O)c(C)c3)cc2C2=C(O)C(C)(C)OC(C)(C)C2=O)C1=O. The van der Waals surface area contributed by atoms with Crippen molar-refractivity contribution < 1.29 is 53.6 Å². The number of rotatable bonds is 14. The van der Waals surface area contributed by atoms with Crippen molar-refractivity contribution in [3.63, 3.8) is 0 Å². The quantitative estimate of drug-likeness (QED) is 0.0616. The zero-order chi connectivity index (χ0) is 46.4. The maximum Gasteiger partial charge on any atom is 0.302 e. The Hall–Kier alpha value is -6.58. The number of nitrogens with one attached hydrogen (secondary N) is 1. The van der Waals surface area contributed by atoms with Gasteiger partial charge in [-0.2, -0.15) is 0 Å². The van der Waals surface area contributed by atoms with Gasteiger partial charge in [0.25, 0.3) is 11.4 Å². The first kappa shape index (κ1) is 45.9. The Morgan fingerprint density at radius 2 is 1.27 bits per heavy atom. The molecule has 0 bridgehead atoms. The van der Waals surface area contributed by atoms with Crippen molar-refractivity contribution in [2.45, 2.75) is 110 Å². The van der Waals surface area contributed by atoms with Crippen molar-refractivity contribution in [3.8, 4) is 23.0 Å². The number of ketones is 2. The number of aliphatic hydroxyl groups excluding tert-OH is 2. The molecule has 1 atom stereocenters. The summed E-state index contributed by atoms with van der Waals surface area (Å²) >= 11 is 0. The van der Waals surface area contributed by atoms with Crippen LogP contribution in [0.2, 0.25) is 0 Å². The summed E-state index contributed by atoms with van der Waals surface area (Å²) in [6, 6.07) is 18.8. The van der Waals surface area contributed by atoms with Gasteiger partial charge in [-0.15, -0.1) is 0 Å². The molecule has 6 rings (SSSR count). The van der Waals surface area contributed by atoms with Crippen LogP contribution in [-0.4, -0.2) is 60.9 Å². The Bertz CT molecular complexity index is 2640. The summed E-state index contributed by atoms with van der Waals surface area (Å²) in [4.78, 5) is 63.2. The van der Waals surface area contributed by atoms with Crippen molar-refractivity contribution >= 4 is 39.8 Å². The maximum absolute atomic E-state index is 14.7. The molecule has 0 saturated carbocycles. The fraction of sp³-hybridized carbons (Fsp3) is 0.375. The number of nitrogens with zero attached hydrogens (tertiary/aromatic N) is 2. The van der Waals surface area contributed by atoms with Crippen LogP contribution in [0.3, 0.4) is 0 Å². The summed E-state index contributed by atoms with van der Waals surface area (Å²) in [6.07, 6.45) is 1.36. The molecule has 15 nitrogen and oxygen atoms in total. The van der Waals surface area contributed by atoms with E-state index in [-0.39, 0.29) is 52.0 Å². The molecule has 2 heterocycles. The molecule has 1 unspecified atom stereocenters. The van der Waals surface area contributed by atoms with Crippen LogP contribution in [0, 0.1) is 26.9 Å². The highest BCUT2D eigenvalue weighted by atomic mass is 16.6. The van der Waals surface area contributed by atoms with E-state index in [0.29, 0.717) is 58.7 Å².